The van der Waals surface area contributed by atoms with Crippen LogP contribution in [-0.4, -0.2) is 6.61 Å². The fourth-order valence-electron chi connectivity index (χ4n) is 2.76. The number of nitriles is 1. The summed E-state index contributed by atoms with van der Waals surface area (Å²) < 4.78 is 6.74. The Bertz CT molecular complexity index is 677. The molecular formula is C17H14BrNO. The zero-order valence-electron chi connectivity index (χ0n) is 11.0. The minimum absolute atomic E-state index is 0.501. The van der Waals surface area contributed by atoms with E-state index < -0.39 is 5.41 Å². The van der Waals surface area contributed by atoms with Gasteiger partial charge in [-0.3, -0.25) is 0 Å². The molecule has 2 aromatic carbocycles. The van der Waals surface area contributed by atoms with Crippen LogP contribution in [0.4, 0.5) is 0 Å². The molecule has 1 aliphatic heterocycles. The number of rotatable bonds is 2. The molecular weight excluding hydrogens is 314 g/mol. The van der Waals surface area contributed by atoms with E-state index in [0.717, 1.165) is 27.8 Å². The molecule has 3 heteroatoms. The van der Waals surface area contributed by atoms with Crippen molar-refractivity contribution in [1.29, 1.82) is 5.26 Å². The second-order valence-corrected chi connectivity index (χ2v) is 5.91. The normalized spacial score (nSPS) is 20.6. The molecule has 1 aliphatic rings. The van der Waals surface area contributed by atoms with Crippen molar-refractivity contribution in [2.75, 3.05) is 6.61 Å². The first kappa shape index (κ1) is 13.2. The summed E-state index contributed by atoms with van der Waals surface area (Å²) in [7, 11) is 0. The van der Waals surface area contributed by atoms with E-state index in [9.17, 15) is 5.26 Å². The van der Waals surface area contributed by atoms with Crippen LogP contribution in [0, 0.1) is 11.3 Å². The van der Waals surface area contributed by atoms with Crippen LogP contribution in [-0.2, 0) is 11.8 Å². The molecule has 0 aromatic heterocycles. The number of fused-ring (bicyclic) bond motifs is 1. The third-order valence-electron chi connectivity index (χ3n) is 3.85. The maximum atomic E-state index is 9.82. The van der Waals surface area contributed by atoms with Crippen molar-refractivity contribution in [2.24, 2.45) is 0 Å². The molecule has 0 saturated heterocycles. The quantitative estimate of drug-likeness (QED) is 0.826. The van der Waals surface area contributed by atoms with E-state index in [1.54, 1.807) is 0 Å². The van der Waals surface area contributed by atoms with Crippen LogP contribution in [0.5, 0.6) is 5.75 Å². The smallest absolute Gasteiger partial charge is 0.124 e. The second kappa shape index (κ2) is 5.30. The Morgan fingerprint density at radius 1 is 1.15 bits per heavy atom. The van der Waals surface area contributed by atoms with E-state index in [2.05, 4.69) is 28.1 Å². The molecule has 2 aromatic rings. The van der Waals surface area contributed by atoms with Gasteiger partial charge in [-0.15, -0.1) is 0 Å². The number of ether oxygens (including phenoxy) is 1. The zero-order valence-corrected chi connectivity index (χ0v) is 12.6. The van der Waals surface area contributed by atoms with Gasteiger partial charge in [0.2, 0.25) is 0 Å². The maximum absolute atomic E-state index is 9.82. The van der Waals surface area contributed by atoms with Crippen molar-refractivity contribution in [1.82, 2.24) is 0 Å². The second-order valence-electron chi connectivity index (χ2n) is 5.06. The van der Waals surface area contributed by atoms with Crippen LogP contribution < -0.4 is 4.74 Å². The van der Waals surface area contributed by atoms with E-state index in [-0.39, 0.29) is 0 Å². The molecule has 20 heavy (non-hydrogen) atoms. The van der Waals surface area contributed by atoms with Crippen molar-refractivity contribution in [3.05, 3.63) is 64.1 Å². The van der Waals surface area contributed by atoms with Gasteiger partial charge in [0.05, 0.1) is 18.1 Å². The average molecular weight is 328 g/mol. The lowest BCUT2D eigenvalue weighted by Gasteiger charge is -2.33. The molecule has 0 N–H and O–H groups in total. The largest absolute Gasteiger partial charge is 0.493 e. The molecule has 1 heterocycles. The number of para-hydroxylation sites is 1. The van der Waals surface area contributed by atoms with Gasteiger partial charge < -0.3 is 4.74 Å². The molecule has 0 fully saturated rings. The highest BCUT2D eigenvalue weighted by Crippen LogP contribution is 2.41. The third-order valence-corrected chi connectivity index (χ3v) is 4.63. The summed E-state index contributed by atoms with van der Waals surface area (Å²) in [6, 6.07) is 18.5. The fourth-order valence-corrected chi connectivity index (χ4v) is 3.19. The summed E-state index contributed by atoms with van der Waals surface area (Å²) in [5.74, 6) is 0.840. The van der Waals surface area contributed by atoms with E-state index in [1.165, 1.54) is 0 Å². The number of halogens is 1. The van der Waals surface area contributed by atoms with Crippen molar-refractivity contribution < 1.29 is 4.74 Å². The molecule has 0 aliphatic carbocycles. The Kier molecular flexibility index (Phi) is 3.50. The fraction of sp³-hybridized carbons (Fsp3) is 0.235. The lowest BCUT2D eigenvalue weighted by molar-refractivity contribution is 0.241. The van der Waals surface area contributed by atoms with Gasteiger partial charge in [0, 0.05) is 16.5 Å². The summed E-state index contributed by atoms with van der Waals surface area (Å²) in [4.78, 5) is 0. The average Bonchev–Trinajstić information content (AvgIpc) is 2.50. The minimum atomic E-state index is -0.501. The van der Waals surface area contributed by atoms with Gasteiger partial charge in [-0.2, -0.15) is 5.26 Å². The molecule has 1 atom stereocenters. The monoisotopic (exact) mass is 327 g/mol. The molecule has 3 rings (SSSR count). The molecule has 0 amide bonds. The zero-order chi connectivity index (χ0) is 14.0. The Morgan fingerprint density at radius 2 is 1.90 bits per heavy atom. The van der Waals surface area contributed by atoms with Gasteiger partial charge in [-0.05, 0) is 24.1 Å². The highest BCUT2D eigenvalue weighted by molar-refractivity contribution is 9.10. The highest BCUT2D eigenvalue weighted by atomic mass is 79.9. The summed E-state index contributed by atoms with van der Waals surface area (Å²) >= 11 is 3.58. The van der Waals surface area contributed by atoms with Crippen molar-refractivity contribution >= 4 is 15.9 Å². The van der Waals surface area contributed by atoms with Crippen LogP contribution in [0.2, 0.25) is 0 Å². The predicted molar refractivity (Wildman–Crippen MR) is 81.7 cm³/mol. The predicted octanol–water partition coefficient (Wildman–Crippen LogP) is 4.24. The van der Waals surface area contributed by atoms with Crippen molar-refractivity contribution in [3.63, 3.8) is 0 Å². The molecule has 0 spiro atoms. The summed E-state index contributed by atoms with van der Waals surface area (Å²) in [5.41, 5.74) is 1.66. The van der Waals surface area contributed by atoms with Crippen LogP contribution in [0.1, 0.15) is 17.5 Å². The van der Waals surface area contributed by atoms with Gasteiger partial charge in [0.15, 0.2) is 0 Å². The highest BCUT2D eigenvalue weighted by Gasteiger charge is 2.38. The van der Waals surface area contributed by atoms with Crippen LogP contribution in [0.25, 0.3) is 0 Å². The van der Waals surface area contributed by atoms with Crippen LogP contribution >= 0.6 is 15.9 Å². The van der Waals surface area contributed by atoms with Crippen molar-refractivity contribution in [2.45, 2.75) is 18.3 Å². The SMILES string of the molecule is N#CC1(Cc2ccccc2Br)CCOc2ccccc21. The molecule has 0 saturated carbocycles. The molecule has 2 nitrogen and oxygen atoms in total. The Morgan fingerprint density at radius 3 is 2.70 bits per heavy atom. The standard InChI is InChI=1S/C17H14BrNO/c18-15-7-3-1-5-13(15)11-17(12-19)9-10-20-16-8-4-2-6-14(16)17/h1-8H,9-11H2. The number of hydrogen-bond donors (Lipinski definition) is 0. The van der Waals surface area contributed by atoms with Crippen molar-refractivity contribution in [3.8, 4) is 11.8 Å². The Hall–Kier alpha value is -1.79. The van der Waals surface area contributed by atoms with Gasteiger partial charge >= 0.3 is 0 Å². The Balaban J connectivity index is 2.06. The third kappa shape index (κ3) is 2.21. The Labute approximate surface area is 127 Å². The van der Waals surface area contributed by atoms with Crippen LogP contribution in [0.3, 0.4) is 0 Å². The van der Waals surface area contributed by atoms with Gasteiger partial charge in [-0.1, -0.05) is 52.3 Å². The summed E-state index contributed by atoms with van der Waals surface area (Å²) in [5, 5.41) is 9.82. The van der Waals surface area contributed by atoms with Gasteiger partial charge in [0.25, 0.3) is 0 Å². The first-order chi connectivity index (χ1) is 9.75. The lowest BCUT2D eigenvalue weighted by atomic mass is 9.73. The topological polar surface area (TPSA) is 33.0 Å². The molecule has 1 unspecified atom stereocenters. The van der Waals surface area contributed by atoms with E-state index in [1.807, 2.05) is 42.5 Å². The van der Waals surface area contributed by atoms with E-state index in [4.69, 9.17) is 4.74 Å². The lowest BCUT2D eigenvalue weighted by Crippen LogP contribution is -2.33. The minimum Gasteiger partial charge on any atom is -0.493 e. The van der Waals surface area contributed by atoms with Gasteiger partial charge in [0.1, 0.15) is 5.75 Å². The molecule has 0 bridgehead atoms. The van der Waals surface area contributed by atoms with E-state index in [0.29, 0.717) is 13.0 Å². The summed E-state index contributed by atoms with van der Waals surface area (Å²) in [6.07, 6.45) is 1.42. The first-order valence-corrected chi connectivity index (χ1v) is 7.41. The maximum Gasteiger partial charge on any atom is 0.124 e. The molecule has 100 valence electrons. The van der Waals surface area contributed by atoms with E-state index >= 15 is 0 Å². The number of hydrogen-bond acceptors (Lipinski definition) is 2. The molecule has 0 radical (unpaired) electrons. The number of benzene rings is 2. The number of nitrogens with zero attached hydrogens (tertiary/aromatic N) is 1. The first-order valence-electron chi connectivity index (χ1n) is 6.62. The van der Waals surface area contributed by atoms with Gasteiger partial charge in [-0.25, -0.2) is 0 Å². The summed E-state index contributed by atoms with van der Waals surface area (Å²) in [6.45, 7) is 0.592. The van der Waals surface area contributed by atoms with Crippen LogP contribution in [0.15, 0.2) is 53.0 Å².